The number of hydrogen-bond donors (Lipinski definition) is 1. The second-order valence-electron chi connectivity index (χ2n) is 5.34. The molecule has 0 spiro atoms. The molecule has 0 aliphatic heterocycles. The topological polar surface area (TPSA) is 67.8 Å². The van der Waals surface area contributed by atoms with Gasteiger partial charge in [0, 0.05) is 5.56 Å². The van der Waals surface area contributed by atoms with Crippen LogP contribution in [0.2, 0.25) is 0 Å². The molecule has 3 rings (SSSR count). The van der Waals surface area contributed by atoms with E-state index in [1.807, 2.05) is 18.2 Å². The third kappa shape index (κ3) is 3.37. The highest BCUT2D eigenvalue weighted by Crippen LogP contribution is 2.25. The van der Waals surface area contributed by atoms with Crippen molar-refractivity contribution in [1.82, 2.24) is 4.83 Å². The Kier molecular flexibility index (Phi) is 4.34. The van der Waals surface area contributed by atoms with Crippen LogP contribution < -0.4 is 9.57 Å². The fourth-order valence-electron chi connectivity index (χ4n) is 2.65. The number of methoxy groups -OCH3 is 1. The number of nitrogens with zero attached hydrogens (tertiary/aromatic N) is 1. The lowest BCUT2D eigenvalue weighted by atomic mass is 9.90. The van der Waals surface area contributed by atoms with Crippen LogP contribution in [0, 0.1) is 0 Å². The summed E-state index contributed by atoms with van der Waals surface area (Å²) < 4.78 is 29.7. The largest absolute Gasteiger partial charge is 0.497 e. The van der Waals surface area contributed by atoms with Crippen molar-refractivity contribution in [3.63, 3.8) is 0 Å². The number of hydrogen-bond acceptors (Lipinski definition) is 4. The number of fused-ring (bicyclic) bond motifs is 1. The fraction of sp³-hybridized carbons (Fsp3) is 0.235. The number of nitrogens with one attached hydrogen (secondary N) is 1. The summed E-state index contributed by atoms with van der Waals surface area (Å²) in [6.07, 6.45) is 2.62. The number of sulfonamides is 1. The summed E-state index contributed by atoms with van der Waals surface area (Å²) in [7, 11) is -2.00. The molecule has 0 aromatic heterocycles. The minimum atomic E-state index is -3.64. The van der Waals surface area contributed by atoms with Gasteiger partial charge in [-0.3, -0.25) is 0 Å². The molecule has 120 valence electrons. The van der Waals surface area contributed by atoms with Crippen LogP contribution in [0.5, 0.6) is 5.75 Å². The Morgan fingerprint density at radius 1 is 1.09 bits per heavy atom. The Bertz CT molecular complexity index is 830. The van der Waals surface area contributed by atoms with Gasteiger partial charge in [0.05, 0.1) is 17.7 Å². The van der Waals surface area contributed by atoms with Gasteiger partial charge in [-0.1, -0.05) is 18.2 Å². The van der Waals surface area contributed by atoms with Crippen LogP contribution in [0.25, 0.3) is 0 Å². The van der Waals surface area contributed by atoms with E-state index in [1.165, 1.54) is 0 Å². The monoisotopic (exact) mass is 330 g/mol. The fourth-order valence-corrected chi connectivity index (χ4v) is 3.50. The second kappa shape index (κ2) is 6.42. The number of rotatable bonds is 4. The average Bonchev–Trinajstić information content (AvgIpc) is 2.60. The van der Waals surface area contributed by atoms with Gasteiger partial charge >= 0.3 is 0 Å². The normalized spacial score (nSPS) is 16.0. The standard InChI is InChI=1S/C17H18N2O3S/c1-22-14-10-11-16-13(12-14)6-5-9-17(16)18-19-23(20,21)15-7-3-2-4-8-15/h2-4,7-8,10-12,19H,5-6,9H2,1H3/b18-17-. The zero-order valence-electron chi connectivity index (χ0n) is 12.8. The van der Waals surface area contributed by atoms with E-state index in [0.717, 1.165) is 41.9 Å². The van der Waals surface area contributed by atoms with E-state index in [9.17, 15) is 8.42 Å². The summed E-state index contributed by atoms with van der Waals surface area (Å²) >= 11 is 0. The molecule has 1 N–H and O–H groups in total. The van der Waals surface area contributed by atoms with Crippen molar-refractivity contribution in [3.05, 3.63) is 59.7 Å². The van der Waals surface area contributed by atoms with Gasteiger partial charge in [0.25, 0.3) is 10.0 Å². The molecule has 1 aliphatic carbocycles. The Morgan fingerprint density at radius 3 is 2.61 bits per heavy atom. The molecule has 23 heavy (non-hydrogen) atoms. The maximum Gasteiger partial charge on any atom is 0.276 e. The first-order valence-electron chi connectivity index (χ1n) is 7.41. The quantitative estimate of drug-likeness (QED) is 0.877. The minimum absolute atomic E-state index is 0.204. The van der Waals surface area contributed by atoms with Gasteiger partial charge in [0.15, 0.2) is 0 Å². The van der Waals surface area contributed by atoms with E-state index in [0.29, 0.717) is 0 Å². The highest BCUT2D eigenvalue weighted by Gasteiger charge is 2.18. The second-order valence-corrected chi connectivity index (χ2v) is 7.00. The van der Waals surface area contributed by atoms with Crippen LogP contribution in [-0.4, -0.2) is 21.2 Å². The third-order valence-corrected chi connectivity index (χ3v) is 5.06. The highest BCUT2D eigenvalue weighted by atomic mass is 32.2. The van der Waals surface area contributed by atoms with Gasteiger partial charge in [-0.2, -0.15) is 18.4 Å². The molecule has 2 aromatic carbocycles. The van der Waals surface area contributed by atoms with Crippen molar-refractivity contribution in [2.45, 2.75) is 24.2 Å². The van der Waals surface area contributed by atoms with Crippen molar-refractivity contribution in [3.8, 4) is 5.75 Å². The molecule has 0 atom stereocenters. The van der Waals surface area contributed by atoms with Crippen molar-refractivity contribution in [1.29, 1.82) is 0 Å². The average molecular weight is 330 g/mol. The molecule has 0 bridgehead atoms. The first-order valence-corrected chi connectivity index (χ1v) is 8.89. The summed E-state index contributed by atoms with van der Waals surface area (Å²) in [5.74, 6) is 0.801. The zero-order valence-corrected chi connectivity index (χ0v) is 13.6. The van der Waals surface area contributed by atoms with Crippen LogP contribution in [0.3, 0.4) is 0 Å². The van der Waals surface area contributed by atoms with Crippen LogP contribution >= 0.6 is 0 Å². The first kappa shape index (κ1) is 15.6. The summed E-state index contributed by atoms with van der Waals surface area (Å²) in [6, 6.07) is 14.0. The summed E-state index contributed by atoms with van der Waals surface area (Å²) in [4.78, 5) is 2.55. The minimum Gasteiger partial charge on any atom is -0.497 e. The summed E-state index contributed by atoms with van der Waals surface area (Å²) in [5.41, 5.74) is 2.87. The van der Waals surface area contributed by atoms with Crippen LogP contribution in [0.4, 0.5) is 0 Å². The summed E-state index contributed by atoms with van der Waals surface area (Å²) in [6.45, 7) is 0. The zero-order chi connectivity index (χ0) is 16.3. The van der Waals surface area contributed by atoms with Crippen LogP contribution in [0.15, 0.2) is 58.5 Å². The van der Waals surface area contributed by atoms with Gasteiger partial charge in [-0.25, -0.2) is 0 Å². The SMILES string of the molecule is COc1ccc2c(c1)CCC/C2=N/NS(=O)(=O)c1ccccc1. The molecular formula is C17H18N2O3S. The van der Waals surface area contributed by atoms with Gasteiger partial charge in [-0.15, -0.1) is 0 Å². The van der Waals surface area contributed by atoms with Gasteiger partial charge in [0.1, 0.15) is 5.75 Å². The molecule has 0 saturated heterocycles. The number of ether oxygens (including phenoxy) is 1. The third-order valence-electron chi connectivity index (χ3n) is 3.84. The molecule has 0 unspecified atom stereocenters. The molecule has 2 aromatic rings. The Labute approximate surface area is 136 Å². The van der Waals surface area contributed by atoms with E-state index in [-0.39, 0.29) is 4.90 Å². The molecule has 0 saturated carbocycles. The molecule has 0 fully saturated rings. The number of aryl methyl sites for hydroxylation is 1. The van der Waals surface area contributed by atoms with E-state index < -0.39 is 10.0 Å². The first-order chi connectivity index (χ1) is 11.1. The maximum atomic E-state index is 12.2. The van der Waals surface area contributed by atoms with Gasteiger partial charge in [0.2, 0.25) is 0 Å². The van der Waals surface area contributed by atoms with Crippen molar-refractivity contribution < 1.29 is 13.2 Å². The molecule has 0 radical (unpaired) electrons. The Hall–Kier alpha value is -2.34. The Balaban J connectivity index is 1.88. The lowest BCUT2D eigenvalue weighted by molar-refractivity contribution is 0.414. The smallest absolute Gasteiger partial charge is 0.276 e. The van der Waals surface area contributed by atoms with Crippen molar-refractivity contribution >= 4 is 15.7 Å². The molecule has 0 heterocycles. The lowest BCUT2D eigenvalue weighted by Crippen LogP contribution is -2.22. The Morgan fingerprint density at radius 2 is 1.87 bits per heavy atom. The van der Waals surface area contributed by atoms with Gasteiger partial charge < -0.3 is 4.74 Å². The van der Waals surface area contributed by atoms with Crippen molar-refractivity contribution in [2.24, 2.45) is 5.10 Å². The number of hydrazone groups is 1. The van der Waals surface area contributed by atoms with Crippen LogP contribution in [-0.2, 0) is 16.4 Å². The van der Waals surface area contributed by atoms with Gasteiger partial charge in [-0.05, 0) is 55.2 Å². The number of benzene rings is 2. The predicted molar refractivity (Wildman–Crippen MR) is 89.2 cm³/mol. The molecule has 0 amide bonds. The van der Waals surface area contributed by atoms with E-state index in [4.69, 9.17) is 4.74 Å². The van der Waals surface area contributed by atoms with Crippen molar-refractivity contribution in [2.75, 3.05) is 7.11 Å². The molecule has 5 nitrogen and oxygen atoms in total. The van der Waals surface area contributed by atoms with E-state index >= 15 is 0 Å². The van der Waals surface area contributed by atoms with E-state index in [1.54, 1.807) is 37.4 Å². The summed E-state index contributed by atoms with van der Waals surface area (Å²) in [5, 5.41) is 4.17. The predicted octanol–water partition coefficient (Wildman–Crippen LogP) is 2.71. The lowest BCUT2D eigenvalue weighted by Gasteiger charge is -2.18. The molecule has 6 heteroatoms. The van der Waals surface area contributed by atoms with E-state index in [2.05, 4.69) is 9.93 Å². The highest BCUT2D eigenvalue weighted by molar-refractivity contribution is 7.89. The maximum absolute atomic E-state index is 12.2. The van der Waals surface area contributed by atoms with Crippen LogP contribution in [0.1, 0.15) is 24.0 Å². The molecular weight excluding hydrogens is 312 g/mol. The molecule has 1 aliphatic rings.